The summed E-state index contributed by atoms with van der Waals surface area (Å²) in [7, 11) is -0.987. The first-order valence-electron chi connectivity index (χ1n) is 11.5. The lowest BCUT2D eigenvalue weighted by molar-refractivity contribution is 0.139. The van der Waals surface area contributed by atoms with E-state index in [2.05, 4.69) is 62.6 Å². The second kappa shape index (κ2) is 9.52. The molecule has 172 valence electrons. The highest BCUT2D eigenvalue weighted by atomic mass is 35.5. The smallest absolute Gasteiger partial charge is 0.284 e. The largest absolute Gasteiger partial charge is 0.304 e. The van der Waals surface area contributed by atoms with Crippen molar-refractivity contribution < 1.29 is 4.57 Å². The zero-order valence-electron chi connectivity index (χ0n) is 18.9. The second-order valence-corrected chi connectivity index (χ2v) is 11.8. The molecule has 5 nitrogen and oxygen atoms in total. The van der Waals surface area contributed by atoms with Crippen LogP contribution in [-0.4, -0.2) is 56.1 Å². The van der Waals surface area contributed by atoms with E-state index in [1.54, 1.807) is 0 Å². The average Bonchev–Trinajstić information content (AvgIpc) is 3.20. The molecule has 3 aromatic rings. The predicted octanol–water partition coefficient (Wildman–Crippen LogP) is 5.81. The Kier molecular flexibility index (Phi) is 6.49. The van der Waals surface area contributed by atoms with E-state index in [0.29, 0.717) is 18.1 Å². The Morgan fingerprint density at radius 3 is 1.67 bits per heavy atom. The molecule has 5 rings (SSSR count). The Balaban J connectivity index is 1.67. The maximum atomic E-state index is 15.6. The van der Waals surface area contributed by atoms with Crippen molar-refractivity contribution >= 4 is 30.4 Å². The number of benzene rings is 3. The molecule has 0 bridgehead atoms. The van der Waals surface area contributed by atoms with Gasteiger partial charge in [-0.15, -0.1) is 0 Å². The molecule has 0 saturated carbocycles. The lowest BCUT2D eigenvalue weighted by Crippen LogP contribution is -2.47. The highest BCUT2D eigenvalue weighted by Crippen LogP contribution is 2.69. The molecule has 2 aliphatic heterocycles. The van der Waals surface area contributed by atoms with E-state index in [1.165, 1.54) is 0 Å². The van der Waals surface area contributed by atoms with Crippen LogP contribution in [0.4, 0.5) is 11.4 Å². The molecule has 2 fully saturated rings. The standard InChI is InChI=1S/C26H30ClN4OP/c1-28-16-18-29(19-17-28)26(22-12-14-23(27)15-13-22)33(32)30(24-8-4-2-5-9-24)20-21-31(33)25-10-6-3-7-11-25/h2-15,26H,16-21H2,1H3. The van der Waals surface area contributed by atoms with Crippen molar-refractivity contribution in [2.24, 2.45) is 0 Å². The monoisotopic (exact) mass is 480 g/mol. The third-order valence-corrected chi connectivity index (χ3v) is 10.5. The number of likely N-dealkylation sites (N-methyl/N-ethyl adjacent to an activating group) is 1. The number of rotatable bonds is 5. The number of anilines is 2. The molecule has 0 aliphatic carbocycles. The molecule has 0 N–H and O–H groups in total. The van der Waals surface area contributed by atoms with Crippen molar-refractivity contribution in [2.75, 3.05) is 55.7 Å². The summed E-state index contributed by atoms with van der Waals surface area (Å²) < 4.78 is 19.9. The lowest BCUT2D eigenvalue weighted by atomic mass is 10.2. The van der Waals surface area contributed by atoms with Gasteiger partial charge in [-0.05, 0) is 49.0 Å². The highest BCUT2D eigenvalue weighted by molar-refractivity contribution is 7.67. The number of hydrogen-bond donors (Lipinski definition) is 0. The first-order valence-corrected chi connectivity index (χ1v) is 13.6. The molecule has 0 radical (unpaired) electrons. The van der Waals surface area contributed by atoms with Gasteiger partial charge in [0.2, 0.25) is 0 Å². The molecule has 1 atom stereocenters. The van der Waals surface area contributed by atoms with Crippen LogP contribution in [0.15, 0.2) is 84.9 Å². The molecule has 0 aromatic heterocycles. The Hall–Kier alpha value is -2.30. The summed E-state index contributed by atoms with van der Waals surface area (Å²) in [6, 6.07) is 28.4. The summed E-state index contributed by atoms with van der Waals surface area (Å²) in [6.07, 6.45) is 0. The summed E-state index contributed by atoms with van der Waals surface area (Å²) in [6.45, 7) is 5.10. The zero-order valence-corrected chi connectivity index (χ0v) is 20.6. The third-order valence-electron chi connectivity index (χ3n) is 6.69. The minimum Gasteiger partial charge on any atom is -0.304 e. The van der Waals surface area contributed by atoms with Crippen LogP contribution in [0.25, 0.3) is 0 Å². The van der Waals surface area contributed by atoms with E-state index in [0.717, 1.165) is 43.1 Å². The van der Waals surface area contributed by atoms with Gasteiger partial charge in [-0.2, -0.15) is 0 Å². The Morgan fingerprint density at radius 2 is 1.18 bits per heavy atom. The Labute approximate surface area is 201 Å². The number of halogens is 1. The maximum Gasteiger partial charge on any atom is 0.284 e. The lowest BCUT2D eigenvalue weighted by Gasteiger charge is -2.45. The van der Waals surface area contributed by atoms with E-state index in [9.17, 15) is 0 Å². The zero-order chi connectivity index (χ0) is 22.8. The van der Waals surface area contributed by atoms with Crippen molar-refractivity contribution in [3.8, 4) is 0 Å². The van der Waals surface area contributed by atoms with Crippen molar-refractivity contribution in [3.63, 3.8) is 0 Å². The molecule has 7 heteroatoms. The maximum absolute atomic E-state index is 15.6. The van der Waals surface area contributed by atoms with Gasteiger partial charge in [-0.25, -0.2) is 0 Å². The summed E-state index contributed by atoms with van der Waals surface area (Å²) in [5.74, 6) is -0.258. The quantitative estimate of drug-likeness (QED) is 0.430. The van der Waals surface area contributed by atoms with Crippen molar-refractivity contribution in [1.29, 1.82) is 0 Å². The first kappa shape index (κ1) is 22.5. The minimum atomic E-state index is -3.14. The summed E-state index contributed by atoms with van der Waals surface area (Å²) >= 11 is 6.25. The van der Waals surface area contributed by atoms with Crippen molar-refractivity contribution in [2.45, 2.75) is 5.78 Å². The van der Waals surface area contributed by atoms with Gasteiger partial charge in [-0.3, -0.25) is 9.46 Å². The van der Waals surface area contributed by atoms with Crippen LogP contribution >= 0.6 is 19.0 Å². The molecule has 2 aliphatic rings. The van der Waals surface area contributed by atoms with Crippen LogP contribution in [0.5, 0.6) is 0 Å². The fourth-order valence-corrected chi connectivity index (χ4v) is 8.79. The van der Waals surface area contributed by atoms with Gasteiger partial charge in [0.05, 0.1) is 0 Å². The van der Waals surface area contributed by atoms with E-state index in [4.69, 9.17) is 11.6 Å². The number of piperazine rings is 1. The van der Waals surface area contributed by atoms with Crippen LogP contribution in [0.1, 0.15) is 11.3 Å². The van der Waals surface area contributed by atoms with Gasteiger partial charge in [0.15, 0.2) is 0 Å². The van der Waals surface area contributed by atoms with Gasteiger partial charge in [-0.1, -0.05) is 60.1 Å². The number of nitrogens with zero attached hydrogens (tertiary/aromatic N) is 4. The average molecular weight is 481 g/mol. The van der Waals surface area contributed by atoms with Gasteiger partial charge in [0, 0.05) is 55.7 Å². The molecular weight excluding hydrogens is 451 g/mol. The number of para-hydroxylation sites is 2. The van der Waals surface area contributed by atoms with Gasteiger partial charge < -0.3 is 14.2 Å². The van der Waals surface area contributed by atoms with E-state index < -0.39 is 7.44 Å². The molecule has 3 aromatic carbocycles. The predicted molar refractivity (Wildman–Crippen MR) is 138 cm³/mol. The van der Waals surface area contributed by atoms with Gasteiger partial charge in [0.1, 0.15) is 5.78 Å². The highest BCUT2D eigenvalue weighted by Gasteiger charge is 2.52. The van der Waals surface area contributed by atoms with Gasteiger partial charge in [0.25, 0.3) is 7.44 Å². The summed E-state index contributed by atoms with van der Waals surface area (Å²) in [5.41, 5.74) is 3.07. The van der Waals surface area contributed by atoms with Crippen molar-refractivity contribution in [3.05, 3.63) is 95.5 Å². The summed E-state index contributed by atoms with van der Waals surface area (Å²) in [4.78, 5) is 4.76. The molecule has 33 heavy (non-hydrogen) atoms. The van der Waals surface area contributed by atoms with Crippen LogP contribution in [0.3, 0.4) is 0 Å². The summed E-state index contributed by atoms with van der Waals surface area (Å²) in [5, 5.41) is 0.695. The normalized spacial score (nSPS) is 20.2. The Bertz CT molecular complexity index is 1050. The Morgan fingerprint density at radius 1 is 0.697 bits per heavy atom. The molecule has 1 unspecified atom stereocenters. The van der Waals surface area contributed by atoms with Crippen LogP contribution in [0.2, 0.25) is 5.02 Å². The van der Waals surface area contributed by atoms with Crippen LogP contribution in [-0.2, 0) is 4.57 Å². The topological polar surface area (TPSA) is 30.0 Å². The third kappa shape index (κ3) is 4.31. The first-order chi connectivity index (χ1) is 16.1. The molecule has 0 spiro atoms. The van der Waals surface area contributed by atoms with Crippen LogP contribution < -0.4 is 9.34 Å². The van der Waals surface area contributed by atoms with Gasteiger partial charge >= 0.3 is 0 Å². The molecule has 2 heterocycles. The second-order valence-electron chi connectivity index (χ2n) is 8.77. The van der Waals surface area contributed by atoms with E-state index >= 15 is 4.57 Å². The van der Waals surface area contributed by atoms with E-state index in [1.807, 2.05) is 48.5 Å². The fraction of sp³-hybridized carbons (Fsp3) is 0.308. The molecular formula is C26H30ClN4OP. The van der Waals surface area contributed by atoms with E-state index in [-0.39, 0.29) is 5.78 Å². The SMILES string of the molecule is CN1CCN(C(c2ccc(Cl)cc2)P2(=O)N(c3ccccc3)CCN2c2ccccc2)CC1. The molecule has 0 amide bonds. The fourth-order valence-electron chi connectivity index (χ4n) is 4.98. The number of hydrogen-bond acceptors (Lipinski definition) is 3. The van der Waals surface area contributed by atoms with Crippen LogP contribution in [0, 0.1) is 0 Å². The minimum absolute atomic E-state index is 0.258. The molecule has 2 saturated heterocycles. The van der Waals surface area contributed by atoms with Crippen molar-refractivity contribution in [1.82, 2.24) is 9.80 Å².